The number of hydrogen-bond acceptors (Lipinski definition) is 8. The fourth-order valence-corrected chi connectivity index (χ4v) is 2.44. The number of carbonyl (C=O) groups is 1. The van der Waals surface area contributed by atoms with Crippen molar-refractivity contribution < 1.29 is 27.4 Å². The molecule has 0 bridgehead atoms. The number of nitrogens with one attached hydrogen (secondary N) is 1. The largest absolute Gasteiger partial charge is 0.475 e. The highest BCUT2D eigenvalue weighted by Crippen LogP contribution is 2.30. The summed E-state index contributed by atoms with van der Waals surface area (Å²) in [5.74, 6) is -1.27. The second-order valence-corrected chi connectivity index (χ2v) is 7.86. The molecule has 1 N–H and O–H groups in total. The van der Waals surface area contributed by atoms with Crippen LogP contribution in [0.2, 0.25) is 0 Å². The van der Waals surface area contributed by atoms with E-state index in [2.05, 4.69) is 20.4 Å². The highest BCUT2D eigenvalue weighted by Gasteiger charge is 2.35. The zero-order chi connectivity index (χ0) is 23.9. The average molecular weight is 452 g/mol. The number of anilines is 1. The minimum absolute atomic E-state index is 0.101. The number of ether oxygens (including phenoxy) is 2. The molecule has 0 aliphatic heterocycles. The molecule has 0 saturated carbocycles. The van der Waals surface area contributed by atoms with Crippen LogP contribution in [0.25, 0.3) is 0 Å². The summed E-state index contributed by atoms with van der Waals surface area (Å²) in [5.41, 5.74) is 0.952. The van der Waals surface area contributed by atoms with Crippen molar-refractivity contribution in [2.24, 2.45) is 5.41 Å². The number of nitrogens with zero attached hydrogens (tertiary/aromatic N) is 5. The third-order valence-corrected chi connectivity index (χ3v) is 3.78. The van der Waals surface area contributed by atoms with Crippen LogP contribution < -0.4 is 15.2 Å². The van der Waals surface area contributed by atoms with Gasteiger partial charge >= 0.3 is 6.18 Å². The molecule has 0 radical (unpaired) electrons. The maximum atomic E-state index is 13.2. The third-order valence-electron chi connectivity index (χ3n) is 3.78. The van der Waals surface area contributed by atoms with Crippen LogP contribution in [0.4, 0.5) is 19.0 Å². The standard InChI is InChI=1S/C20H23F3N6O3/c1-19(2,3)12-29(16-9-14(20(21,22)23)26-15(10-24)27-16)28-18(30)13-5-6-17(25-11-13)32-8-7-31-4/h5-6,9,11H,7-8,12H2,1-4H3,(H,28,30). The van der Waals surface area contributed by atoms with Crippen LogP contribution in [0, 0.1) is 16.7 Å². The van der Waals surface area contributed by atoms with E-state index in [1.165, 1.54) is 31.5 Å². The molecule has 12 heteroatoms. The minimum Gasteiger partial charge on any atom is -0.475 e. The van der Waals surface area contributed by atoms with Crippen molar-refractivity contribution in [2.45, 2.75) is 26.9 Å². The van der Waals surface area contributed by atoms with E-state index in [-0.39, 0.29) is 30.4 Å². The lowest BCUT2D eigenvalue weighted by Gasteiger charge is -2.31. The molecular weight excluding hydrogens is 429 g/mol. The first-order valence-electron chi connectivity index (χ1n) is 9.45. The molecule has 2 rings (SSSR count). The Bertz CT molecular complexity index is 969. The molecule has 172 valence electrons. The Morgan fingerprint density at radius 2 is 1.94 bits per heavy atom. The Balaban J connectivity index is 2.30. The fraction of sp³-hybridized carbons (Fsp3) is 0.450. The first-order valence-corrected chi connectivity index (χ1v) is 9.45. The van der Waals surface area contributed by atoms with Crippen molar-refractivity contribution >= 4 is 11.7 Å². The molecule has 0 atom stereocenters. The Labute approximate surface area is 183 Å². The summed E-state index contributed by atoms with van der Waals surface area (Å²) in [6.07, 6.45) is -3.52. The van der Waals surface area contributed by atoms with E-state index in [4.69, 9.17) is 14.7 Å². The van der Waals surface area contributed by atoms with Gasteiger partial charge in [0.1, 0.15) is 12.7 Å². The van der Waals surface area contributed by atoms with E-state index in [9.17, 15) is 18.0 Å². The smallest absolute Gasteiger partial charge is 0.433 e. The first kappa shape index (κ1) is 24.8. The number of alkyl halides is 3. The highest BCUT2D eigenvalue weighted by molar-refractivity contribution is 5.94. The van der Waals surface area contributed by atoms with E-state index in [1.807, 2.05) is 20.8 Å². The number of nitriles is 1. The molecule has 0 aliphatic rings. The normalized spacial score (nSPS) is 11.6. The summed E-state index contributed by atoms with van der Waals surface area (Å²) < 4.78 is 49.9. The topological polar surface area (TPSA) is 113 Å². The Hall–Kier alpha value is -3.46. The molecule has 2 heterocycles. The lowest BCUT2D eigenvalue weighted by Crippen LogP contribution is -2.47. The van der Waals surface area contributed by atoms with Crippen molar-refractivity contribution in [1.29, 1.82) is 5.26 Å². The number of amides is 1. The number of methoxy groups -OCH3 is 1. The first-order chi connectivity index (χ1) is 14.9. The van der Waals surface area contributed by atoms with Gasteiger partial charge in [-0.25, -0.2) is 9.97 Å². The van der Waals surface area contributed by atoms with Crippen molar-refractivity contribution in [3.63, 3.8) is 0 Å². The molecule has 0 saturated heterocycles. The molecule has 2 aromatic rings. The van der Waals surface area contributed by atoms with Crippen molar-refractivity contribution in [1.82, 2.24) is 20.4 Å². The zero-order valence-electron chi connectivity index (χ0n) is 18.0. The van der Waals surface area contributed by atoms with Gasteiger partial charge in [-0.15, -0.1) is 0 Å². The van der Waals surface area contributed by atoms with Crippen molar-refractivity contribution in [2.75, 3.05) is 31.9 Å². The number of hydrogen-bond donors (Lipinski definition) is 1. The number of hydrazine groups is 1. The molecule has 32 heavy (non-hydrogen) atoms. The summed E-state index contributed by atoms with van der Waals surface area (Å²) in [6.45, 7) is 6.24. The zero-order valence-corrected chi connectivity index (χ0v) is 18.0. The summed E-state index contributed by atoms with van der Waals surface area (Å²) in [7, 11) is 1.53. The lowest BCUT2D eigenvalue weighted by molar-refractivity contribution is -0.141. The van der Waals surface area contributed by atoms with Crippen molar-refractivity contribution in [3.05, 3.63) is 41.5 Å². The van der Waals surface area contributed by atoms with Gasteiger partial charge in [0.15, 0.2) is 11.5 Å². The molecule has 2 aromatic heterocycles. The molecule has 9 nitrogen and oxygen atoms in total. The average Bonchev–Trinajstić information content (AvgIpc) is 2.72. The van der Waals surface area contributed by atoms with Crippen LogP contribution in [-0.4, -0.2) is 47.7 Å². The van der Waals surface area contributed by atoms with Crippen LogP contribution >= 0.6 is 0 Å². The summed E-state index contributed by atoms with van der Waals surface area (Å²) in [4.78, 5) is 23.8. The molecule has 0 aliphatic carbocycles. The number of pyridine rings is 1. The van der Waals surface area contributed by atoms with Gasteiger partial charge in [-0.3, -0.25) is 15.2 Å². The lowest BCUT2D eigenvalue weighted by atomic mass is 9.96. The SMILES string of the molecule is COCCOc1ccc(C(=O)NN(CC(C)(C)C)c2cc(C(F)(F)F)nc(C#N)n2)cn1. The van der Waals surface area contributed by atoms with Gasteiger partial charge in [0.2, 0.25) is 11.7 Å². The maximum Gasteiger partial charge on any atom is 0.433 e. The van der Waals surface area contributed by atoms with Gasteiger partial charge in [0, 0.05) is 32.0 Å². The molecule has 0 unspecified atom stereocenters. The van der Waals surface area contributed by atoms with Gasteiger partial charge in [0.05, 0.1) is 12.2 Å². The minimum atomic E-state index is -4.79. The van der Waals surface area contributed by atoms with Gasteiger partial charge in [0.25, 0.3) is 5.91 Å². The second-order valence-electron chi connectivity index (χ2n) is 7.86. The van der Waals surface area contributed by atoms with E-state index < -0.39 is 29.0 Å². The Morgan fingerprint density at radius 3 is 2.47 bits per heavy atom. The van der Waals surface area contributed by atoms with E-state index in [0.29, 0.717) is 12.7 Å². The Morgan fingerprint density at radius 1 is 1.22 bits per heavy atom. The molecule has 0 spiro atoms. The van der Waals surface area contributed by atoms with Crippen LogP contribution in [0.3, 0.4) is 0 Å². The van der Waals surface area contributed by atoms with Crippen molar-refractivity contribution in [3.8, 4) is 11.9 Å². The quantitative estimate of drug-likeness (QED) is 0.480. The number of carbonyl (C=O) groups excluding carboxylic acids is 1. The number of aromatic nitrogens is 3. The van der Waals surface area contributed by atoms with Crippen LogP contribution in [0.15, 0.2) is 24.4 Å². The van der Waals surface area contributed by atoms with Crippen LogP contribution in [0.1, 0.15) is 42.6 Å². The Kier molecular flexibility index (Phi) is 7.93. The third kappa shape index (κ3) is 7.35. The monoisotopic (exact) mass is 452 g/mol. The van der Waals surface area contributed by atoms with Crippen LogP contribution in [-0.2, 0) is 10.9 Å². The predicted octanol–water partition coefficient (Wildman–Crippen LogP) is 2.98. The van der Waals surface area contributed by atoms with Gasteiger partial charge < -0.3 is 9.47 Å². The highest BCUT2D eigenvalue weighted by atomic mass is 19.4. The summed E-state index contributed by atoms with van der Waals surface area (Å²) in [6, 6.07) is 5.14. The molecule has 0 aromatic carbocycles. The van der Waals surface area contributed by atoms with Crippen LogP contribution in [0.5, 0.6) is 5.88 Å². The van der Waals surface area contributed by atoms with Gasteiger partial charge in [-0.05, 0) is 11.5 Å². The van der Waals surface area contributed by atoms with E-state index >= 15 is 0 Å². The molecule has 0 fully saturated rings. The van der Waals surface area contributed by atoms with E-state index in [0.717, 1.165) is 5.01 Å². The predicted molar refractivity (Wildman–Crippen MR) is 108 cm³/mol. The summed E-state index contributed by atoms with van der Waals surface area (Å²) in [5, 5.41) is 10.2. The number of halogens is 3. The van der Waals surface area contributed by atoms with E-state index in [1.54, 1.807) is 0 Å². The summed E-state index contributed by atoms with van der Waals surface area (Å²) >= 11 is 0. The van der Waals surface area contributed by atoms with Gasteiger partial charge in [-0.2, -0.15) is 23.4 Å². The fourth-order valence-electron chi connectivity index (χ4n) is 2.44. The second kappa shape index (κ2) is 10.2. The number of rotatable bonds is 8. The molecular formula is C20H23F3N6O3. The maximum absolute atomic E-state index is 13.2. The van der Waals surface area contributed by atoms with Gasteiger partial charge in [-0.1, -0.05) is 20.8 Å². The molecule has 1 amide bonds.